The van der Waals surface area contributed by atoms with Crippen molar-refractivity contribution in [2.75, 3.05) is 6.79 Å². The third kappa shape index (κ3) is 3.94. The lowest BCUT2D eigenvalue weighted by atomic mass is 10.2. The van der Waals surface area contributed by atoms with Crippen molar-refractivity contribution in [3.63, 3.8) is 0 Å². The Morgan fingerprint density at radius 2 is 1.97 bits per heavy atom. The number of fused-ring (bicyclic) bond motifs is 2. The molecule has 0 radical (unpaired) electrons. The lowest BCUT2D eigenvalue weighted by Gasteiger charge is -2.06. The third-order valence-electron chi connectivity index (χ3n) is 5.57. The first kappa shape index (κ1) is 21.5. The van der Waals surface area contributed by atoms with Gasteiger partial charge in [-0.2, -0.15) is 4.98 Å². The minimum absolute atomic E-state index is 0.101. The molecule has 3 aromatic heterocycles. The minimum atomic E-state index is -0.505. The van der Waals surface area contributed by atoms with Crippen molar-refractivity contribution < 1.29 is 23.2 Å². The molecule has 2 aromatic carbocycles. The van der Waals surface area contributed by atoms with E-state index in [-0.39, 0.29) is 37.2 Å². The number of nitrogens with one attached hydrogen (secondary N) is 1. The van der Waals surface area contributed by atoms with Crippen LogP contribution in [-0.4, -0.2) is 37.0 Å². The molecule has 6 rings (SSSR count). The Labute approximate surface area is 201 Å². The Kier molecular flexibility index (Phi) is 5.17. The summed E-state index contributed by atoms with van der Waals surface area (Å²) >= 11 is 0. The highest BCUT2D eigenvalue weighted by molar-refractivity contribution is 5.76. The summed E-state index contributed by atoms with van der Waals surface area (Å²) in [6, 6.07) is 14.5. The number of hydrogen-bond acceptors (Lipinski definition) is 8. The zero-order chi connectivity index (χ0) is 24.6. The molecule has 0 unspecified atom stereocenters. The fraction of sp³-hybridized carbons (Fsp3) is 0.125. The zero-order valence-electron chi connectivity index (χ0n) is 18.6. The molecular weight excluding hydrogens is 471 g/mol. The second-order valence-electron chi connectivity index (χ2n) is 7.95. The van der Waals surface area contributed by atoms with Gasteiger partial charge in [-0.3, -0.25) is 4.79 Å². The number of pyridine rings is 1. The molecule has 0 saturated heterocycles. The predicted octanol–water partition coefficient (Wildman–Crippen LogP) is 2.40. The first-order valence-electron chi connectivity index (χ1n) is 10.9. The number of rotatable bonds is 6. The van der Waals surface area contributed by atoms with Crippen LogP contribution in [0.3, 0.4) is 0 Å². The van der Waals surface area contributed by atoms with Gasteiger partial charge in [0, 0.05) is 18.3 Å². The highest BCUT2D eigenvalue weighted by Crippen LogP contribution is 2.32. The van der Waals surface area contributed by atoms with E-state index in [1.54, 1.807) is 36.4 Å². The topological polar surface area (TPSA) is 126 Å². The Balaban J connectivity index is 1.22. The van der Waals surface area contributed by atoms with E-state index >= 15 is 0 Å². The van der Waals surface area contributed by atoms with E-state index in [0.29, 0.717) is 22.6 Å². The number of aromatic nitrogens is 5. The van der Waals surface area contributed by atoms with Gasteiger partial charge in [0.15, 0.2) is 17.1 Å². The van der Waals surface area contributed by atoms with Gasteiger partial charge in [0.05, 0.1) is 5.56 Å². The van der Waals surface area contributed by atoms with Crippen molar-refractivity contribution in [1.29, 1.82) is 0 Å². The van der Waals surface area contributed by atoms with Crippen molar-refractivity contribution in [1.82, 2.24) is 29.6 Å². The molecule has 0 saturated carbocycles. The van der Waals surface area contributed by atoms with E-state index in [1.807, 2.05) is 6.07 Å². The molecule has 1 aliphatic heterocycles. The highest BCUT2D eigenvalue weighted by atomic mass is 19.1. The first-order valence-corrected chi connectivity index (χ1v) is 10.9. The van der Waals surface area contributed by atoms with Crippen LogP contribution in [0.25, 0.3) is 28.5 Å². The normalized spacial score (nSPS) is 12.2. The van der Waals surface area contributed by atoms with Crippen LogP contribution in [0.4, 0.5) is 4.39 Å². The molecule has 0 bridgehead atoms. The fourth-order valence-electron chi connectivity index (χ4n) is 3.83. The number of benzene rings is 2. The van der Waals surface area contributed by atoms with Gasteiger partial charge in [-0.25, -0.2) is 18.3 Å². The first-order chi connectivity index (χ1) is 17.5. The van der Waals surface area contributed by atoms with Crippen LogP contribution >= 0.6 is 0 Å². The lowest BCUT2D eigenvalue weighted by Crippen LogP contribution is -2.32. The Morgan fingerprint density at radius 1 is 1.08 bits per heavy atom. The van der Waals surface area contributed by atoms with Gasteiger partial charge in [0.2, 0.25) is 18.5 Å². The monoisotopic (exact) mass is 488 g/mol. The van der Waals surface area contributed by atoms with Gasteiger partial charge >= 0.3 is 5.69 Å². The van der Waals surface area contributed by atoms with Crippen LogP contribution in [0.1, 0.15) is 5.56 Å². The number of nitrogens with zero attached hydrogens (tertiary/aromatic N) is 5. The summed E-state index contributed by atoms with van der Waals surface area (Å²) in [5.41, 5.74) is 1.39. The third-order valence-corrected chi connectivity index (χ3v) is 5.57. The molecule has 11 nitrogen and oxygen atoms in total. The van der Waals surface area contributed by atoms with Crippen molar-refractivity contribution in [3.05, 3.63) is 82.7 Å². The number of amides is 1. The maximum atomic E-state index is 13.6. The standard InChI is InChI=1S/C24H17FN6O5/c25-16-4-1-3-15(10-16)21-27-23(36-29-21)17-5-2-8-30-22(17)28-31(24(30)33)12-20(32)26-11-14-6-7-18-19(9-14)35-13-34-18/h1-10H,11-13H2,(H,26,32). The van der Waals surface area contributed by atoms with E-state index in [9.17, 15) is 14.0 Å². The molecule has 5 aromatic rings. The Bertz CT molecular complexity index is 1670. The SMILES string of the molecule is O=C(Cn1nc2c(-c3nc(-c4cccc(F)c4)no3)cccn2c1=O)NCc1ccc2c(c1)OCO2. The van der Waals surface area contributed by atoms with Crippen LogP contribution in [0.5, 0.6) is 11.5 Å². The van der Waals surface area contributed by atoms with Crippen LogP contribution < -0.4 is 20.5 Å². The zero-order valence-corrected chi connectivity index (χ0v) is 18.6. The lowest BCUT2D eigenvalue weighted by molar-refractivity contribution is -0.122. The van der Waals surface area contributed by atoms with Crippen molar-refractivity contribution in [2.24, 2.45) is 0 Å². The molecule has 12 heteroatoms. The van der Waals surface area contributed by atoms with Gasteiger partial charge in [0.25, 0.3) is 5.89 Å². The van der Waals surface area contributed by atoms with E-state index in [2.05, 4.69) is 20.6 Å². The maximum Gasteiger partial charge on any atom is 0.350 e. The molecule has 0 aliphatic carbocycles. The molecule has 0 spiro atoms. The van der Waals surface area contributed by atoms with Crippen molar-refractivity contribution >= 4 is 11.6 Å². The van der Waals surface area contributed by atoms with Crippen LogP contribution in [-0.2, 0) is 17.9 Å². The number of halogens is 1. The molecular formula is C24H17FN6O5. The molecule has 0 fully saturated rings. The smallest absolute Gasteiger partial charge is 0.350 e. The number of hydrogen-bond donors (Lipinski definition) is 1. The van der Waals surface area contributed by atoms with E-state index in [0.717, 1.165) is 10.2 Å². The number of ether oxygens (including phenoxy) is 2. The summed E-state index contributed by atoms with van der Waals surface area (Å²) in [4.78, 5) is 29.7. The summed E-state index contributed by atoms with van der Waals surface area (Å²) in [5, 5.41) is 11.0. The Morgan fingerprint density at radius 3 is 2.86 bits per heavy atom. The average molecular weight is 488 g/mol. The Hall–Kier alpha value is -5.00. The van der Waals surface area contributed by atoms with E-state index in [1.165, 1.54) is 22.7 Å². The highest BCUT2D eigenvalue weighted by Gasteiger charge is 2.19. The minimum Gasteiger partial charge on any atom is -0.454 e. The predicted molar refractivity (Wildman–Crippen MR) is 123 cm³/mol. The molecule has 1 amide bonds. The van der Waals surface area contributed by atoms with Gasteiger partial charge in [-0.05, 0) is 42.0 Å². The summed E-state index contributed by atoms with van der Waals surface area (Å²) < 4.78 is 31.9. The molecule has 180 valence electrons. The average Bonchev–Trinajstić information content (AvgIpc) is 3.62. The summed E-state index contributed by atoms with van der Waals surface area (Å²) in [6.07, 6.45) is 1.53. The largest absolute Gasteiger partial charge is 0.454 e. The molecule has 36 heavy (non-hydrogen) atoms. The molecule has 1 aliphatic rings. The van der Waals surface area contributed by atoms with E-state index in [4.69, 9.17) is 14.0 Å². The summed E-state index contributed by atoms with van der Waals surface area (Å²) in [6.45, 7) is 0.121. The van der Waals surface area contributed by atoms with Crippen molar-refractivity contribution in [2.45, 2.75) is 13.1 Å². The fourth-order valence-corrected chi connectivity index (χ4v) is 3.83. The van der Waals surface area contributed by atoms with Gasteiger partial charge in [0.1, 0.15) is 12.4 Å². The van der Waals surface area contributed by atoms with Gasteiger partial charge in [-0.1, -0.05) is 23.4 Å². The second kappa shape index (κ2) is 8.65. The number of carbonyl (C=O) groups is 1. The molecule has 1 N–H and O–H groups in total. The van der Waals surface area contributed by atoms with Crippen LogP contribution in [0.2, 0.25) is 0 Å². The van der Waals surface area contributed by atoms with Crippen LogP contribution in [0, 0.1) is 5.82 Å². The van der Waals surface area contributed by atoms with Gasteiger partial charge < -0.3 is 19.3 Å². The number of carbonyl (C=O) groups excluding carboxylic acids is 1. The second-order valence-corrected chi connectivity index (χ2v) is 7.95. The van der Waals surface area contributed by atoms with E-state index < -0.39 is 17.4 Å². The molecule has 4 heterocycles. The quantitative estimate of drug-likeness (QED) is 0.386. The van der Waals surface area contributed by atoms with Crippen molar-refractivity contribution in [3.8, 4) is 34.3 Å². The summed E-state index contributed by atoms with van der Waals surface area (Å²) in [7, 11) is 0. The van der Waals surface area contributed by atoms with Gasteiger partial charge in [-0.15, -0.1) is 5.10 Å². The molecule has 0 atom stereocenters. The summed E-state index contributed by atoms with van der Waals surface area (Å²) in [5.74, 6) is 0.739. The van der Waals surface area contributed by atoms with Crippen LogP contribution in [0.15, 0.2) is 70.1 Å². The maximum absolute atomic E-state index is 13.6.